The molecule has 0 aliphatic carbocycles. The summed E-state index contributed by atoms with van der Waals surface area (Å²) in [6, 6.07) is 0. The zero-order valence-electron chi connectivity index (χ0n) is 7.43. The highest BCUT2D eigenvalue weighted by Crippen LogP contribution is 2.12. The highest BCUT2D eigenvalue weighted by Gasteiger charge is 2.06. The van der Waals surface area contributed by atoms with E-state index in [4.69, 9.17) is 5.11 Å². The molecule has 0 aromatic rings. The third-order valence-corrected chi connectivity index (χ3v) is 2.09. The second kappa shape index (κ2) is 5.72. The fraction of sp³-hybridized carbons (Fsp3) is 1.00. The fourth-order valence-corrected chi connectivity index (χ4v) is 0.958. The van der Waals surface area contributed by atoms with Gasteiger partial charge < -0.3 is 5.11 Å². The molecule has 2 atom stereocenters. The zero-order valence-corrected chi connectivity index (χ0v) is 7.43. The Morgan fingerprint density at radius 1 is 1.20 bits per heavy atom. The summed E-state index contributed by atoms with van der Waals surface area (Å²) in [7, 11) is 0. The molecule has 0 saturated heterocycles. The molecule has 62 valence electrons. The highest BCUT2D eigenvalue weighted by atomic mass is 16.3. The van der Waals surface area contributed by atoms with Crippen molar-refractivity contribution in [2.75, 3.05) is 0 Å². The van der Waals surface area contributed by atoms with E-state index in [1.54, 1.807) is 0 Å². The molecular weight excluding hydrogens is 124 g/mol. The lowest BCUT2D eigenvalue weighted by Crippen LogP contribution is -2.12. The maximum absolute atomic E-state index is 9.12. The Morgan fingerprint density at radius 2 is 1.80 bits per heavy atom. The van der Waals surface area contributed by atoms with Crippen LogP contribution >= 0.6 is 0 Å². The Bertz CT molecular complexity index is 69.1. The summed E-state index contributed by atoms with van der Waals surface area (Å²) >= 11 is 0. The Hall–Kier alpha value is -0.0400. The van der Waals surface area contributed by atoms with Crippen LogP contribution in [0, 0.1) is 5.92 Å². The van der Waals surface area contributed by atoms with Crippen molar-refractivity contribution < 1.29 is 5.11 Å². The summed E-state index contributed by atoms with van der Waals surface area (Å²) in [6.45, 7) is 6.18. The molecule has 0 aliphatic heterocycles. The van der Waals surface area contributed by atoms with Crippen molar-refractivity contribution >= 4 is 0 Å². The van der Waals surface area contributed by atoms with Gasteiger partial charge in [0.2, 0.25) is 0 Å². The summed E-state index contributed by atoms with van der Waals surface area (Å²) in [5, 5.41) is 9.12. The van der Waals surface area contributed by atoms with Crippen LogP contribution in [0.5, 0.6) is 0 Å². The lowest BCUT2D eigenvalue weighted by atomic mass is 9.99. The van der Waals surface area contributed by atoms with Crippen LogP contribution in [-0.4, -0.2) is 11.2 Å². The van der Waals surface area contributed by atoms with Crippen LogP contribution in [0.25, 0.3) is 0 Å². The van der Waals surface area contributed by atoms with Crippen LogP contribution < -0.4 is 0 Å². The minimum atomic E-state index is -0.128. The van der Waals surface area contributed by atoms with Crippen LogP contribution in [0.2, 0.25) is 0 Å². The zero-order chi connectivity index (χ0) is 7.98. The van der Waals surface area contributed by atoms with E-state index >= 15 is 0 Å². The minimum absolute atomic E-state index is 0.128. The molecule has 0 aliphatic rings. The Kier molecular flexibility index (Phi) is 5.70. The van der Waals surface area contributed by atoms with E-state index in [2.05, 4.69) is 13.8 Å². The number of rotatable bonds is 5. The first-order valence-corrected chi connectivity index (χ1v) is 4.36. The van der Waals surface area contributed by atoms with Gasteiger partial charge in [0.25, 0.3) is 0 Å². The van der Waals surface area contributed by atoms with Crippen molar-refractivity contribution in [2.45, 2.75) is 52.6 Å². The van der Waals surface area contributed by atoms with E-state index in [1.165, 1.54) is 25.7 Å². The third kappa shape index (κ3) is 4.80. The van der Waals surface area contributed by atoms with Gasteiger partial charge in [0.15, 0.2) is 0 Å². The molecule has 0 spiro atoms. The quantitative estimate of drug-likeness (QED) is 0.588. The Balaban J connectivity index is 3.13. The predicted octanol–water partition coefficient (Wildman–Crippen LogP) is 2.58. The number of hydrogen-bond donors (Lipinski definition) is 1. The van der Waals surface area contributed by atoms with Crippen molar-refractivity contribution in [1.82, 2.24) is 0 Å². The molecule has 0 radical (unpaired) electrons. The molecule has 0 rings (SSSR count). The van der Waals surface area contributed by atoms with Crippen molar-refractivity contribution in [3.8, 4) is 0 Å². The predicted molar refractivity (Wildman–Crippen MR) is 45.0 cm³/mol. The summed E-state index contributed by atoms with van der Waals surface area (Å²) in [4.78, 5) is 0. The molecule has 0 saturated carbocycles. The van der Waals surface area contributed by atoms with E-state index in [0.29, 0.717) is 5.92 Å². The van der Waals surface area contributed by atoms with Crippen molar-refractivity contribution in [1.29, 1.82) is 0 Å². The normalized spacial score (nSPS) is 16.8. The standard InChI is InChI=1S/C9H20O/c1-4-5-6-7-8(2)9(3)10/h8-10H,4-7H2,1-3H3. The van der Waals surface area contributed by atoms with Crippen LogP contribution in [0.4, 0.5) is 0 Å². The minimum Gasteiger partial charge on any atom is -0.393 e. The molecule has 1 N–H and O–H groups in total. The first-order valence-electron chi connectivity index (χ1n) is 4.36. The summed E-state index contributed by atoms with van der Waals surface area (Å²) < 4.78 is 0. The van der Waals surface area contributed by atoms with Crippen molar-refractivity contribution in [3.05, 3.63) is 0 Å². The van der Waals surface area contributed by atoms with E-state index in [-0.39, 0.29) is 6.10 Å². The topological polar surface area (TPSA) is 20.2 Å². The Labute approximate surface area is 64.5 Å². The molecule has 2 unspecified atom stereocenters. The van der Waals surface area contributed by atoms with Gasteiger partial charge in [0, 0.05) is 0 Å². The van der Waals surface area contributed by atoms with E-state index < -0.39 is 0 Å². The molecule has 1 nitrogen and oxygen atoms in total. The van der Waals surface area contributed by atoms with E-state index in [0.717, 1.165) is 0 Å². The van der Waals surface area contributed by atoms with Crippen molar-refractivity contribution in [3.63, 3.8) is 0 Å². The molecule has 1 heteroatoms. The molecular formula is C9H20O. The van der Waals surface area contributed by atoms with Gasteiger partial charge in [-0.25, -0.2) is 0 Å². The molecule has 0 bridgehead atoms. The average Bonchev–Trinajstić information content (AvgIpc) is 1.88. The van der Waals surface area contributed by atoms with Gasteiger partial charge >= 0.3 is 0 Å². The largest absolute Gasteiger partial charge is 0.393 e. The smallest absolute Gasteiger partial charge is 0.0537 e. The lowest BCUT2D eigenvalue weighted by Gasteiger charge is -2.13. The summed E-state index contributed by atoms with van der Waals surface area (Å²) in [6.07, 6.45) is 4.88. The number of unbranched alkanes of at least 4 members (excludes halogenated alkanes) is 2. The molecule has 10 heavy (non-hydrogen) atoms. The van der Waals surface area contributed by atoms with Gasteiger partial charge in [0.1, 0.15) is 0 Å². The summed E-state index contributed by atoms with van der Waals surface area (Å²) in [5.41, 5.74) is 0. The van der Waals surface area contributed by atoms with Gasteiger partial charge in [0.05, 0.1) is 6.10 Å². The molecule has 0 fully saturated rings. The van der Waals surface area contributed by atoms with Crippen LogP contribution in [-0.2, 0) is 0 Å². The average molecular weight is 144 g/mol. The second-order valence-electron chi connectivity index (χ2n) is 3.21. The number of aliphatic hydroxyl groups is 1. The SMILES string of the molecule is CCCCCC(C)C(C)O. The lowest BCUT2D eigenvalue weighted by molar-refractivity contribution is 0.128. The second-order valence-corrected chi connectivity index (χ2v) is 3.21. The first kappa shape index (κ1) is 9.96. The molecule has 0 amide bonds. The Morgan fingerprint density at radius 3 is 2.20 bits per heavy atom. The highest BCUT2D eigenvalue weighted by molar-refractivity contribution is 4.58. The number of aliphatic hydroxyl groups excluding tert-OH is 1. The third-order valence-electron chi connectivity index (χ3n) is 2.09. The van der Waals surface area contributed by atoms with Crippen LogP contribution in [0.15, 0.2) is 0 Å². The van der Waals surface area contributed by atoms with E-state index in [1.807, 2.05) is 6.92 Å². The van der Waals surface area contributed by atoms with E-state index in [9.17, 15) is 0 Å². The van der Waals surface area contributed by atoms with Gasteiger partial charge in [-0.3, -0.25) is 0 Å². The molecule has 0 heterocycles. The van der Waals surface area contributed by atoms with Gasteiger partial charge in [-0.05, 0) is 19.3 Å². The van der Waals surface area contributed by atoms with Gasteiger partial charge in [-0.1, -0.05) is 33.1 Å². The maximum Gasteiger partial charge on any atom is 0.0537 e. The van der Waals surface area contributed by atoms with Gasteiger partial charge in [-0.2, -0.15) is 0 Å². The fourth-order valence-electron chi connectivity index (χ4n) is 0.958. The summed E-state index contributed by atoms with van der Waals surface area (Å²) in [5.74, 6) is 0.478. The van der Waals surface area contributed by atoms with Crippen LogP contribution in [0.3, 0.4) is 0 Å². The number of hydrogen-bond acceptors (Lipinski definition) is 1. The van der Waals surface area contributed by atoms with Gasteiger partial charge in [-0.15, -0.1) is 0 Å². The monoisotopic (exact) mass is 144 g/mol. The van der Waals surface area contributed by atoms with Crippen LogP contribution in [0.1, 0.15) is 46.5 Å². The maximum atomic E-state index is 9.12. The van der Waals surface area contributed by atoms with Crippen molar-refractivity contribution in [2.24, 2.45) is 5.92 Å². The first-order chi connectivity index (χ1) is 4.68. The molecule has 0 aromatic heterocycles. The molecule has 0 aromatic carbocycles.